The molecule has 0 unspecified atom stereocenters. The molecule has 0 bridgehead atoms. The molecular weight excluding hydrogens is 467 g/mol. The minimum atomic E-state index is -0.587. The lowest BCUT2D eigenvalue weighted by atomic mass is 10.1. The highest BCUT2D eigenvalue weighted by Gasteiger charge is 2.34. The van der Waals surface area contributed by atoms with E-state index in [-0.39, 0.29) is 17.3 Å². The van der Waals surface area contributed by atoms with Crippen LogP contribution in [0.25, 0.3) is 6.08 Å². The summed E-state index contributed by atoms with van der Waals surface area (Å²) < 4.78 is 5.93. The zero-order chi connectivity index (χ0) is 22.7. The molecule has 5 nitrogen and oxygen atoms in total. The highest BCUT2D eigenvalue weighted by atomic mass is 35.5. The number of nitrogens with one attached hydrogen (secondary N) is 1. The second-order valence-electron chi connectivity index (χ2n) is 6.89. The lowest BCUT2D eigenvalue weighted by Crippen LogP contribution is -2.54. The van der Waals surface area contributed by atoms with Crippen LogP contribution in [-0.4, -0.2) is 16.9 Å². The van der Waals surface area contributed by atoms with E-state index in [1.54, 1.807) is 54.6 Å². The summed E-state index contributed by atoms with van der Waals surface area (Å²) in [6, 6.07) is 21.1. The van der Waals surface area contributed by atoms with Gasteiger partial charge < -0.3 is 4.74 Å². The summed E-state index contributed by atoms with van der Waals surface area (Å²) in [5.74, 6) is -0.652. The molecule has 4 rings (SSSR count). The summed E-state index contributed by atoms with van der Waals surface area (Å²) in [7, 11) is 0. The third kappa shape index (κ3) is 4.83. The lowest BCUT2D eigenvalue weighted by Gasteiger charge is -2.29. The van der Waals surface area contributed by atoms with Crippen molar-refractivity contribution in [1.82, 2.24) is 5.32 Å². The van der Waals surface area contributed by atoms with Gasteiger partial charge >= 0.3 is 0 Å². The third-order valence-corrected chi connectivity index (χ3v) is 5.47. The van der Waals surface area contributed by atoms with Crippen LogP contribution in [0.5, 0.6) is 5.75 Å². The van der Waals surface area contributed by atoms with Gasteiger partial charge in [-0.25, -0.2) is 0 Å². The smallest absolute Gasteiger partial charge is 0.270 e. The Labute approximate surface area is 200 Å². The first-order chi connectivity index (χ1) is 15.4. The summed E-state index contributed by atoms with van der Waals surface area (Å²) in [6.45, 7) is 0.273. The first-order valence-electron chi connectivity index (χ1n) is 9.55. The SMILES string of the molecule is O=C1NC(=S)N(c2ccccc2)C(=O)/C1=C\c1cc(Cl)ccc1OCc1ccc(Cl)cc1. The predicted molar refractivity (Wildman–Crippen MR) is 130 cm³/mol. The fourth-order valence-electron chi connectivity index (χ4n) is 3.13. The number of benzene rings is 3. The second kappa shape index (κ2) is 9.53. The molecule has 0 saturated carbocycles. The summed E-state index contributed by atoms with van der Waals surface area (Å²) in [6.07, 6.45) is 1.46. The number of carbonyl (C=O) groups is 2. The number of amides is 2. The number of para-hydroxylation sites is 1. The van der Waals surface area contributed by atoms with Crippen molar-refractivity contribution in [2.24, 2.45) is 0 Å². The molecule has 1 N–H and O–H groups in total. The Balaban J connectivity index is 1.66. The van der Waals surface area contributed by atoms with E-state index < -0.39 is 11.8 Å². The van der Waals surface area contributed by atoms with Gasteiger partial charge in [0.15, 0.2) is 5.11 Å². The normalized spacial score (nSPS) is 15.1. The Kier molecular flexibility index (Phi) is 6.55. The van der Waals surface area contributed by atoms with Crippen molar-refractivity contribution in [1.29, 1.82) is 0 Å². The molecular formula is C24H16Cl2N2O3S. The van der Waals surface area contributed by atoms with Crippen LogP contribution in [0.15, 0.2) is 78.4 Å². The van der Waals surface area contributed by atoms with E-state index in [0.717, 1.165) is 5.56 Å². The number of halogens is 2. The minimum absolute atomic E-state index is 0.0219. The van der Waals surface area contributed by atoms with Gasteiger partial charge in [-0.1, -0.05) is 53.5 Å². The van der Waals surface area contributed by atoms with E-state index in [1.165, 1.54) is 11.0 Å². The Morgan fingerprint density at radius 3 is 2.34 bits per heavy atom. The van der Waals surface area contributed by atoms with Crippen LogP contribution in [0.3, 0.4) is 0 Å². The maximum Gasteiger partial charge on any atom is 0.270 e. The number of rotatable bonds is 5. The van der Waals surface area contributed by atoms with Gasteiger partial charge in [-0.3, -0.25) is 19.8 Å². The van der Waals surface area contributed by atoms with Crippen molar-refractivity contribution in [3.05, 3.63) is 99.5 Å². The Morgan fingerprint density at radius 1 is 0.938 bits per heavy atom. The van der Waals surface area contributed by atoms with Gasteiger partial charge in [0.05, 0.1) is 5.69 Å². The van der Waals surface area contributed by atoms with Gasteiger partial charge in [0, 0.05) is 15.6 Å². The van der Waals surface area contributed by atoms with Gasteiger partial charge in [-0.15, -0.1) is 0 Å². The number of nitrogens with zero attached hydrogens (tertiary/aromatic N) is 1. The van der Waals surface area contributed by atoms with Crippen molar-refractivity contribution in [2.45, 2.75) is 6.61 Å². The highest BCUT2D eigenvalue weighted by Crippen LogP contribution is 2.28. The van der Waals surface area contributed by atoms with Gasteiger partial charge in [0.25, 0.3) is 11.8 Å². The number of anilines is 1. The van der Waals surface area contributed by atoms with Crippen molar-refractivity contribution in [2.75, 3.05) is 4.90 Å². The molecule has 0 spiro atoms. The molecule has 1 aliphatic rings. The van der Waals surface area contributed by atoms with Gasteiger partial charge in [-0.05, 0) is 66.3 Å². The quantitative estimate of drug-likeness (QED) is 0.300. The minimum Gasteiger partial charge on any atom is -0.488 e. The second-order valence-corrected chi connectivity index (χ2v) is 8.15. The topological polar surface area (TPSA) is 58.6 Å². The van der Waals surface area contributed by atoms with Crippen LogP contribution in [-0.2, 0) is 16.2 Å². The maximum atomic E-state index is 13.2. The lowest BCUT2D eigenvalue weighted by molar-refractivity contribution is -0.122. The molecule has 1 fully saturated rings. The molecule has 3 aromatic carbocycles. The number of ether oxygens (including phenoxy) is 1. The van der Waals surface area contributed by atoms with Gasteiger partial charge in [0.2, 0.25) is 0 Å². The van der Waals surface area contributed by atoms with Crippen LogP contribution < -0.4 is 15.0 Å². The molecule has 0 aromatic heterocycles. The Morgan fingerprint density at radius 2 is 1.62 bits per heavy atom. The predicted octanol–water partition coefficient (Wildman–Crippen LogP) is 5.40. The zero-order valence-corrected chi connectivity index (χ0v) is 18.9. The Bertz CT molecular complexity index is 1230. The molecule has 3 aromatic rings. The van der Waals surface area contributed by atoms with Crippen LogP contribution >= 0.6 is 35.4 Å². The van der Waals surface area contributed by atoms with Crippen molar-refractivity contribution in [3.8, 4) is 5.75 Å². The van der Waals surface area contributed by atoms with Crippen LogP contribution in [0.1, 0.15) is 11.1 Å². The van der Waals surface area contributed by atoms with Gasteiger partial charge in [-0.2, -0.15) is 0 Å². The number of thiocarbonyl (C=S) groups is 1. The van der Waals surface area contributed by atoms with Crippen LogP contribution in [0.4, 0.5) is 5.69 Å². The standard InChI is InChI=1S/C24H16Cl2N2O3S/c25-17-8-6-15(7-9-17)14-31-21-11-10-18(26)12-16(21)13-20-22(29)27-24(32)28(23(20)30)19-4-2-1-3-5-19/h1-13H,14H2,(H,27,29,32)/b20-13-. The summed E-state index contributed by atoms with van der Waals surface area (Å²) in [4.78, 5) is 27.1. The van der Waals surface area contributed by atoms with Gasteiger partial charge in [0.1, 0.15) is 17.9 Å². The summed E-state index contributed by atoms with van der Waals surface area (Å²) >= 11 is 17.3. The van der Waals surface area contributed by atoms with E-state index in [9.17, 15) is 9.59 Å². The van der Waals surface area contributed by atoms with E-state index in [2.05, 4.69) is 5.32 Å². The van der Waals surface area contributed by atoms with E-state index >= 15 is 0 Å². The van der Waals surface area contributed by atoms with E-state index in [1.807, 2.05) is 18.2 Å². The molecule has 0 aliphatic carbocycles. The summed E-state index contributed by atoms with van der Waals surface area (Å²) in [5, 5.41) is 3.66. The highest BCUT2D eigenvalue weighted by molar-refractivity contribution is 7.80. The number of hydrogen-bond acceptors (Lipinski definition) is 4. The van der Waals surface area contributed by atoms with Crippen molar-refractivity contribution in [3.63, 3.8) is 0 Å². The van der Waals surface area contributed by atoms with Crippen LogP contribution in [0, 0.1) is 0 Å². The molecule has 1 heterocycles. The fourth-order valence-corrected chi connectivity index (χ4v) is 3.72. The first kappa shape index (κ1) is 22.0. The molecule has 1 aliphatic heterocycles. The molecule has 0 radical (unpaired) electrons. The molecule has 32 heavy (non-hydrogen) atoms. The summed E-state index contributed by atoms with van der Waals surface area (Å²) in [5.41, 5.74) is 1.88. The average Bonchev–Trinajstić information content (AvgIpc) is 2.78. The molecule has 2 amide bonds. The molecule has 160 valence electrons. The fraction of sp³-hybridized carbons (Fsp3) is 0.0417. The maximum absolute atomic E-state index is 13.2. The molecule has 0 atom stereocenters. The third-order valence-electron chi connectivity index (χ3n) is 4.70. The molecule has 8 heteroatoms. The molecule has 1 saturated heterocycles. The zero-order valence-electron chi connectivity index (χ0n) is 16.5. The number of carbonyl (C=O) groups excluding carboxylic acids is 2. The Hall–Kier alpha value is -3.19. The van der Waals surface area contributed by atoms with E-state index in [0.29, 0.717) is 27.0 Å². The van der Waals surface area contributed by atoms with Crippen molar-refractivity contribution >= 4 is 64.1 Å². The average molecular weight is 483 g/mol. The monoisotopic (exact) mass is 482 g/mol. The first-order valence-corrected chi connectivity index (χ1v) is 10.7. The van der Waals surface area contributed by atoms with E-state index in [4.69, 9.17) is 40.2 Å². The van der Waals surface area contributed by atoms with Crippen LogP contribution in [0.2, 0.25) is 10.0 Å². The largest absolute Gasteiger partial charge is 0.488 e. The number of hydrogen-bond donors (Lipinski definition) is 1. The van der Waals surface area contributed by atoms with Crippen molar-refractivity contribution < 1.29 is 14.3 Å².